The minimum absolute atomic E-state index is 0.230. The van der Waals surface area contributed by atoms with Crippen molar-refractivity contribution in [2.45, 2.75) is 45.9 Å². The van der Waals surface area contributed by atoms with Gasteiger partial charge in [-0.25, -0.2) is 9.07 Å². The first-order chi connectivity index (χ1) is 14.4. The molecular formula is C24H30FN3O2. The SMILES string of the molecule is CC[C@@H](O)CN(Cc1c(-c2ccccc2)nn(C)c1Oc1ccc(F)cc1)C(C)C. The molecule has 0 bridgehead atoms. The molecule has 0 amide bonds. The standard InChI is InChI=1S/C24H30FN3O2/c1-5-20(29)15-28(17(2)3)16-22-23(18-9-7-6-8-10-18)26-27(4)24(22)30-21-13-11-19(25)12-14-21/h6-14,17,20,29H,5,15-16H2,1-4H3/t20-/m1/s1. The number of benzene rings is 2. The number of rotatable bonds is 9. The summed E-state index contributed by atoms with van der Waals surface area (Å²) in [5.41, 5.74) is 2.77. The Labute approximate surface area is 177 Å². The molecule has 1 atom stereocenters. The number of aromatic nitrogens is 2. The van der Waals surface area contributed by atoms with E-state index in [9.17, 15) is 9.50 Å². The van der Waals surface area contributed by atoms with E-state index in [1.165, 1.54) is 12.1 Å². The first kappa shape index (κ1) is 22.0. The van der Waals surface area contributed by atoms with Crippen molar-refractivity contribution in [3.8, 4) is 22.9 Å². The van der Waals surface area contributed by atoms with Crippen molar-refractivity contribution in [2.75, 3.05) is 6.54 Å². The number of aliphatic hydroxyl groups excluding tert-OH is 1. The highest BCUT2D eigenvalue weighted by atomic mass is 19.1. The van der Waals surface area contributed by atoms with Crippen LogP contribution in [0.5, 0.6) is 11.6 Å². The second kappa shape index (κ2) is 9.87. The lowest BCUT2D eigenvalue weighted by molar-refractivity contribution is 0.0878. The van der Waals surface area contributed by atoms with Crippen molar-refractivity contribution in [3.05, 3.63) is 66.0 Å². The fourth-order valence-electron chi connectivity index (χ4n) is 3.33. The Bertz CT molecular complexity index is 939. The third-order valence-electron chi connectivity index (χ3n) is 5.17. The van der Waals surface area contributed by atoms with E-state index in [2.05, 4.69) is 18.7 Å². The van der Waals surface area contributed by atoms with Gasteiger partial charge in [0, 0.05) is 31.7 Å². The molecule has 3 aromatic rings. The van der Waals surface area contributed by atoms with E-state index in [0.29, 0.717) is 31.1 Å². The number of aliphatic hydroxyl groups is 1. The molecule has 0 aliphatic heterocycles. The molecule has 0 aliphatic rings. The van der Waals surface area contributed by atoms with E-state index in [4.69, 9.17) is 9.84 Å². The smallest absolute Gasteiger partial charge is 0.222 e. The van der Waals surface area contributed by atoms with Crippen LogP contribution >= 0.6 is 0 Å². The number of hydrogen-bond acceptors (Lipinski definition) is 4. The van der Waals surface area contributed by atoms with Crippen LogP contribution in [0, 0.1) is 5.82 Å². The van der Waals surface area contributed by atoms with Gasteiger partial charge in [0.05, 0.1) is 11.7 Å². The lowest BCUT2D eigenvalue weighted by atomic mass is 10.1. The van der Waals surface area contributed by atoms with Gasteiger partial charge in [-0.05, 0) is 44.5 Å². The highest BCUT2D eigenvalue weighted by Gasteiger charge is 2.24. The zero-order valence-electron chi connectivity index (χ0n) is 18.0. The molecule has 0 spiro atoms. The van der Waals surface area contributed by atoms with Crippen molar-refractivity contribution in [1.82, 2.24) is 14.7 Å². The van der Waals surface area contributed by atoms with Gasteiger partial charge in [-0.3, -0.25) is 4.90 Å². The summed E-state index contributed by atoms with van der Waals surface area (Å²) in [6, 6.07) is 16.2. The fourth-order valence-corrected chi connectivity index (χ4v) is 3.33. The summed E-state index contributed by atoms with van der Waals surface area (Å²) in [4.78, 5) is 2.22. The van der Waals surface area contributed by atoms with Gasteiger partial charge in [0.1, 0.15) is 17.3 Å². The average Bonchev–Trinajstić information content (AvgIpc) is 3.04. The summed E-state index contributed by atoms with van der Waals surface area (Å²) in [5.74, 6) is 0.846. The summed E-state index contributed by atoms with van der Waals surface area (Å²) in [7, 11) is 1.84. The topological polar surface area (TPSA) is 50.5 Å². The maximum atomic E-state index is 13.3. The third-order valence-corrected chi connectivity index (χ3v) is 5.17. The van der Waals surface area contributed by atoms with Crippen molar-refractivity contribution in [3.63, 3.8) is 0 Å². The predicted octanol–water partition coefficient (Wildman–Crippen LogP) is 5.00. The normalized spacial score (nSPS) is 12.5. The molecule has 3 rings (SSSR count). The van der Waals surface area contributed by atoms with Gasteiger partial charge in [0.15, 0.2) is 0 Å². The molecule has 0 saturated heterocycles. The van der Waals surface area contributed by atoms with Gasteiger partial charge in [-0.15, -0.1) is 0 Å². The molecule has 5 nitrogen and oxygen atoms in total. The Balaban J connectivity index is 2.03. The van der Waals surface area contributed by atoms with Crippen LogP contribution in [0.25, 0.3) is 11.3 Å². The monoisotopic (exact) mass is 411 g/mol. The first-order valence-electron chi connectivity index (χ1n) is 10.4. The van der Waals surface area contributed by atoms with Crippen LogP contribution < -0.4 is 4.74 Å². The molecule has 6 heteroatoms. The minimum Gasteiger partial charge on any atom is -0.439 e. The van der Waals surface area contributed by atoms with Crippen LogP contribution in [-0.2, 0) is 13.6 Å². The van der Waals surface area contributed by atoms with Crippen molar-refractivity contribution in [1.29, 1.82) is 0 Å². The summed E-state index contributed by atoms with van der Waals surface area (Å²) in [6.45, 7) is 7.34. The third kappa shape index (κ3) is 5.26. The van der Waals surface area contributed by atoms with Crippen LogP contribution in [0.15, 0.2) is 54.6 Å². The molecule has 0 fully saturated rings. The molecule has 0 saturated carbocycles. The molecule has 1 heterocycles. The van der Waals surface area contributed by atoms with Crippen molar-refractivity contribution in [2.24, 2.45) is 7.05 Å². The number of aryl methyl sites for hydroxylation is 1. The van der Waals surface area contributed by atoms with Gasteiger partial charge in [0.2, 0.25) is 5.88 Å². The molecule has 0 aliphatic carbocycles. The van der Waals surface area contributed by atoms with Gasteiger partial charge in [-0.2, -0.15) is 5.10 Å². The molecule has 1 N–H and O–H groups in total. The number of halogens is 1. The molecule has 30 heavy (non-hydrogen) atoms. The number of nitrogens with zero attached hydrogens (tertiary/aromatic N) is 3. The maximum absolute atomic E-state index is 13.3. The van der Waals surface area contributed by atoms with Gasteiger partial charge in [-0.1, -0.05) is 37.3 Å². The molecule has 160 valence electrons. The number of ether oxygens (including phenoxy) is 1. The van der Waals surface area contributed by atoms with E-state index < -0.39 is 6.10 Å². The summed E-state index contributed by atoms with van der Waals surface area (Å²) >= 11 is 0. The summed E-state index contributed by atoms with van der Waals surface area (Å²) in [6.07, 6.45) is 0.298. The Hall–Kier alpha value is -2.70. The quantitative estimate of drug-likeness (QED) is 0.538. The van der Waals surface area contributed by atoms with E-state index in [1.54, 1.807) is 16.8 Å². The van der Waals surface area contributed by atoms with Crippen molar-refractivity contribution < 1.29 is 14.2 Å². The van der Waals surface area contributed by atoms with Crippen molar-refractivity contribution >= 4 is 0 Å². The molecule has 0 radical (unpaired) electrons. The van der Waals surface area contributed by atoms with Gasteiger partial charge in [0.25, 0.3) is 0 Å². The van der Waals surface area contributed by atoms with E-state index >= 15 is 0 Å². The van der Waals surface area contributed by atoms with Crippen LogP contribution in [0.1, 0.15) is 32.8 Å². The number of hydrogen-bond donors (Lipinski definition) is 1. The summed E-state index contributed by atoms with van der Waals surface area (Å²) in [5, 5.41) is 15.0. The highest BCUT2D eigenvalue weighted by molar-refractivity contribution is 5.65. The Kier molecular flexibility index (Phi) is 7.24. The Morgan fingerprint density at radius 3 is 2.37 bits per heavy atom. The average molecular weight is 412 g/mol. The molecule has 0 unspecified atom stereocenters. The van der Waals surface area contributed by atoms with Gasteiger partial charge >= 0.3 is 0 Å². The van der Waals surface area contributed by atoms with Crippen LogP contribution in [-0.4, -0.2) is 38.5 Å². The van der Waals surface area contributed by atoms with E-state index in [-0.39, 0.29) is 11.9 Å². The van der Waals surface area contributed by atoms with Crippen LogP contribution in [0.2, 0.25) is 0 Å². The van der Waals surface area contributed by atoms with E-state index in [0.717, 1.165) is 16.8 Å². The summed E-state index contributed by atoms with van der Waals surface area (Å²) < 4.78 is 21.2. The second-order valence-electron chi connectivity index (χ2n) is 7.76. The fraction of sp³-hybridized carbons (Fsp3) is 0.375. The molecule has 1 aromatic heterocycles. The Morgan fingerprint density at radius 1 is 1.10 bits per heavy atom. The zero-order valence-corrected chi connectivity index (χ0v) is 18.0. The first-order valence-corrected chi connectivity index (χ1v) is 10.4. The Morgan fingerprint density at radius 2 is 1.77 bits per heavy atom. The maximum Gasteiger partial charge on any atom is 0.222 e. The predicted molar refractivity (Wildman–Crippen MR) is 117 cm³/mol. The van der Waals surface area contributed by atoms with E-state index in [1.807, 2.05) is 44.3 Å². The molecule has 2 aromatic carbocycles. The minimum atomic E-state index is -0.397. The lowest BCUT2D eigenvalue weighted by Crippen LogP contribution is -2.37. The zero-order chi connectivity index (χ0) is 21.7. The van der Waals surface area contributed by atoms with Crippen LogP contribution in [0.4, 0.5) is 4.39 Å². The second-order valence-corrected chi connectivity index (χ2v) is 7.76. The van der Waals surface area contributed by atoms with Crippen LogP contribution in [0.3, 0.4) is 0 Å². The largest absolute Gasteiger partial charge is 0.439 e. The molecular weight excluding hydrogens is 381 g/mol. The highest BCUT2D eigenvalue weighted by Crippen LogP contribution is 2.34. The van der Waals surface area contributed by atoms with Gasteiger partial charge < -0.3 is 9.84 Å². The lowest BCUT2D eigenvalue weighted by Gasteiger charge is -2.28.